The third kappa shape index (κ3) is 3.43. The van der Waals surface area contributed by atoms with Crippen LogP contribution in [0.3, 0.4) is 0 Å². The molecular weight excluding hydrogens is 264 g/mol. The fraction of sp³-hybridized carbons (Fsp3) is 0.529. The zero-order chi connectivity index (χ0) is 15.8. The molecule has 1 fully saturated rings. The predicted octanol–water partition coefficient (Wildman–Crippen LogP) is 2.89. The standard InChI is InChI=1S/C17H24N2O2/c1-11-6-7-14(12(2)8-11)18-16(21)13-9-15(20)19(10-13)17(3,4)5/h6-8,13H,9-10H2,1-5H3,(H,18,21). The summed E-state index contributed by atoms with van der Waals surface area (Å²) in [7, 11) is 0. The van der Waals surface area contributed by atoms with Crippen molar-refractivity contribution in [2.45, 2.75) is 46.6 Å². The number of amides is 2. The van der Waals surface area contributed by atoms with E-state index in [1.54, 1.807) is 4.90 Å². The second-order valence-corrected chi connectivity index (χ2v) is 6.88. The average Bonchev–Trinajstić information content (AvgIpc) is 2.75. The molecule has 4 nitrogen and oxygen atoms in total. The van der Waals surface area contributed by atoms with Gasteiger partial charge in [-0.1, -0.05) is 17.7 Å². The van der Waals surface area contributed by atoms with Gasteiger partial charge >= 0.3 is 0 Å². The average molecular weight is 288 g/mol. The molecule has 21 heavy (non-hydrogen) atoms. The van der Waals surface area contributed by atoms with Gasteiger partial charge in [-0.05, 0) is 46.2 Å². The van der Waals surface area contributed by atoms with Crippen LogP contribution in [0.1, 0.15) is 38.3 Å². The monoisotopic (exact) mass is 288 g/mol. The molecule has 1 atom stereocenters. The van der Waals surface area contributed by atoms with Crippen LogP contribution in [0.15, 0.2) is 18.2 Å². The number of likely N-dealkylation sites (tertiary alicyclic amines) is 1. The van der Waals surface area contributed by atoms with E-state index in [1.807, 2.05) is 52.8 Å². The lowest BCUT2D eigenvalue weighted by Gasteiger charge is -2.31. The van der Waals surface area contributed by atoms with Gasteiger partial charge < -0.3 is 10.2 Å². The second-order valence-electron chi connectivity index (χ2n) is 6.88. The zero-order valence-electron chi connectivity index (χ0n) is 13.5. The van der Waals surface area contributed by atoms with Crippen molar-refractivity contribution in [2.24, 2.45) is 5.92 Å². The fourth-order valence-electron chi connectivity index (χ4n) is 2.72. The summed E-state index contributed by atoms with van der Waals surface area (Å²) in [6.07, 6.45) is 0.300. The van der Waals surface area contributed by atoms with E-state index in [4.69, 9.17) is 0 Å². The Labute approximate surface area is 126 Å². The van der Waals surface area contributed by atoms with E-state index in [2.05, 4.69) is 5.32 Å². The van der Waals surface area contributed by atoms with E-state index in [0.29, 0.717) is 13.0 Å². The molecule has 0 spiro atoms. The number of carbonyl (C=O) groups is 2. The molecule has 0 saturated carbocycles. The number of hydrogen-bond donors (Lipinski definition) is 1. The lowest BCUT2D eigenvalue weighted by molar-refractivity contribution is -0.131. The molecule has 1 aliphatic rings. The van der Waals surface area contributed by atoms with Crippen molar-refractivity contribution in [3.8, 4) is 0 Å². The van der Waals surface area contributed by atoms with Gasteiger partial charge in [-0.2, -0.15) is 0 Å². The Morgan fingerprint density at radius 2 is 1.95 bits per heavy atom. The van der Waals surface area contributed by atoms with E-state index in [0.717, 1.165) is 11.3 Å². The molecule has 1 aromatic carbocycles. The molecular formula is C17H24N2O2. The molecule has 0 bridgehead atoms. The first kappa shape index (κ1) is 15.5. The van der Waals surface area contributed by atoms with Gasteiger partial charge in [0, 0.05) is 24.2 Å². The van der Waals surface area contributed by atoms with Crippen molar-refractivity contribution in [1.29, 1.82) is 0 Å². The fourth-order valence-corrected chi connectivity index (χ4v) is 2.72. The number of benzene rings is 1. The molecule has 0 radical (unpaired) electrons. The Bertz CT molecular complexity index is 573. The summed E-state index contributed by atoms with van der Waals surface area (Å²) in [5.41, 5.74) is 2.80. The molecule has 0 aromatic heterocycles. The van der Waals surface area contributed by atoms with Gasteiger partial charge in [0.1, 0.15) is 0 Å². The number of carbonyl (C=O) groups excluding carboxylic acids is 2. The molecule has 2 rings (SSSR count). The van der Waals surface area contributed by atoms with Gasteiger partial charge in [-0.25, -0.2) is 0 Å². The maximum absolute atomic E-state index is 12.4. The summed E-state index contributed by atoms with van der Waals surface area (Å²) in [5.74, 6) is -0.275. The molecule has 4 heteroatoms. The summed E-state index contributed by atoms with van der Waals surface area (Å²) in [5, 5.41) is 2.95. The number of hydrogen-bond acceptors (Lipinski definition) is 2. The van der Waals surface area contributed by atoms with E-state index < -0.39 is 0 Å². The van der Waals surface area contributed by atoms with Crippen molar-refractivity contribution in [1.82, 2.24) is 4.90 Å². The van der Waals surface area contributed by atoms with Crippen molar-refractivity contribution >= 4 is 17.5 Å². The van der Waals surface area contributed by atoms with E-state index in [-0.39, 0.29) is 23.3 Å². The van der Waals surface area contributed by atoms with Crippen LogP contribution < -0.4 is 5.32 Å². The molecule has 1 unspecified atom stereocenters. The highest BCUT2D eigenvalue weighted by molar-refractivity contribution is 5.97. The van der Waals surface area contributed by atoms with Crippen LogP contribution in [-0.2, 0) is 9.59 Å². The van der Waals surface area contributed by atoms with Crippen LogP contribution in [0.25, 0.3) is 0 Å². The van der Waals surface area contributed by atoms with E-state index in [1.165, 1.54) is 5.56 Å². The Morgan fingerprint density at radius 1 is 1.29 bits per heavy atom. The van der Waals surface area contributed by atoms with Crippen LogP contribution in [0.5, 0.6) is 0 Å². The minimum absolute atomic E-state index is 0.0586. The first-order valence-electron chi connectivity index (χ1n) is 7.37. The molecule has 1 heterocycles. The normalized spacial score (nSPS) is 19.0. The first-order valence-corrected chi connectivity index (χ1v) is 7.37. The highest BCUT2D eigenvalue weighted by Crippen LogP contribution is 2.27. The number of aryl methyl sites for hydroxylation is 2. The van der Waals surface area contributed by atoms with Crippen LogP contribution in [0.4, 0.5) is 5.69 Å². The van der Waals surface area contributed by atoms with Crippen molar-refractivity contribution in [2.75, 3.05) is 11.9 Å². The lowest BCUT2D eigenvalue weighted by atomic mass is 10.1. The van der Waals surface area contributed by atoms with E-state index >= 15 is 0 Å². The third-order valence-electron chi connectivity index (χ3n) is 3.95. The summed E-state index contributed by atoms with van der Waals surface area (Å²) in [4.78, 5) is 26.2. The maximum Gasteiger partial charge on any atom is 0.229 e. The Balaban J connectivity index is 2.07. The molecule has 1 saturated heterocycles. The molecule has 0 aliphatic carbocycles. The van der Waals surface area contributed by atoms with Gasteiger partial charge in [0.25, 0.3) is 0 Å². The molecule has 1 aliphatic heterocycles. The minimum Gasteiger partial charge on any atom is -0.337 e. The number of nitrogens with zero attached hydrogens (tertiary/aromatic N) is 1. The summed E-state index contributed by atoms with van der Waals surface area (Å²) in [6, 6.07) is 5.93. The summed E-state index contributed by atoms with van der Waals surface area (Å²) in [6.45, 7) is 10.5. The largest absolute Gasteiger partial charge is 0.337 e. The Morgan fingerprint density at radius 3 is 2.48 bits per heavy atom. The molecule has 1 N–H and O–H groups in total. The van der Waals surface area contributed by atoms with Gasteiger partial charge in [-0.3, -0.25) is 9.59 Å². The third-order valence-corrected chi connectivity index (χ3v) is 3.95. The smallest absolute Gasteiger partial charge is 0.229 e. The van der Waals surface area contributed by atoms with E-state index in [9.17, 15) is 9.59 Å². The highest BCUT2D eigenvalue weighted by atomic mass is 16.2. The van der Waals surface area contributed by atoms with Crippen LogP contribution >= 0.6 is 0 Å². The number of rotatable bonds is 2. The van der Waals surface area contributed by atoms with Gasteiger partial charge in [0.15, 0.2) is 0 Å². The topological polar surface area (TPSA) is 49.4 Å². The van der Waals surface area contributed by atoms with Gasteiger partial charge in [-0.15, -0.1) is 0 Å². The predicted molar refractivity (Wildman–Crippen MR) is 84.1 cm³/mol. The van der Waals surface area contributed by atoms with Crippen molar-refractivity contribution < 1.29 is 9.59 Å². The van der Waals surface area contributed by atoms with Crippen molar-refractivity contribution in [3.05, 3.63) is 29.3 Å². The summed E-state index contributed by atoms with van der Waals surface area (Å²) >= 11 is 0. The van der Waals surface area contributed by atoms with Crippen molar-refractivity contribution in [3.63, 3.8) is 0 Å². The quantitative estimate of drug-likeness (QED) is 0.909. The number of nitrogens with one attached hydrogen (secondary N) is 1. The Hall–Kier alpha value is -1.84. The zero-order valence-corrected chi connectivity index (χ0v) is 13.5. The lowest BCUT2D eigenvalue weighted by Crippen LogP contribution is -2.42. The van der Waals surface area contributed by atoms with Crippen LogP contribution in [0.2, 0.25) is 0 Å². The second kappa shape index (κ2) is 5.51. The van der Waals surface area contributed by atoms with Gasteiger partial charge in [0.2, 0.25) is 11.8 Å². The minimum atomic E-state index is -0.266. The molecule has 114 valence electrons. The number of anilines is 1. The first-order chi connectivity index (χ1) is 9.68. The van der Waals surface area contributed by atoms with Crippen LogP contribution in [-0.4, -0.2) is 28.8 Å². The maximum atomic E-state index is 12.4. The molecule has 1 aromatic rings. The highest BCUT2D eigenvalue weighted by Gasteiger charge is 2.39. The summed E-state index contributed by atoms with van der Waals surface area (Å²) < 4.78 is 0. The van der Waals surface area contributed by atoms with Crippen LogP contribution in [0, 0.1) is 19.8 Å². The SMILES string of the molecule is Cc1ccc(NC(=O)C2CC(=O)N(C(C)(C)C)C2)c(C)c1. The Kier molecular flexibility index (Phi) is 4.08. The van der Waals surface area contributed by atoms with Gasteiger partial charge in [0.05, 0.1) is 5.92 Å². The molecule has 2 amide bonds.